The molecular formula is C19H24N2O3S. The van der Waals surface area contributed by atoms with Gasteiger partial charge in [-0.25, -0.2) is 8.42 Å². The molecule has 2 aromatic carbocycles. The molecule has 0 saturated carbocycles. The van der Waals surface area contributed by atoms with E-state index in [2.05, 4.69) is 5.32 Å². The normalized spacial score (nSPS) is 11.2. The molecule has 0 atom stereocenters. The highest BCUT2D eigenvalue weighted by atomic mass is 32.2. The van der Waals surface area contributed by atoms with E-state index in [-0.39, 0.29) is 12.5 Å². The van der Waals surface area contributed by atoms with Gasteiger partial charge in [-0.3, -0.25) is 9.10 Å². The molecule has 0 aromatic heterocycles. The minimum atomic E-state index is -3.60. The summed E-state index contributed by atoms with van der Waals surface area (Å²) in [6.45, 7) is 7.22. The molecule has 0 aliphatic rings. The van der Waals surface area contributed by atoms with Crippen molar-refractivity contribution < 1.29 is 13.2 Å². The van der Waals surface area contributed by atoms with Crippen LogP contribution in [0.4, 0.5) is 11.4 Å². The second kappa shape index (κ2) is 7.27. The number of para-hydroxylation sites is 2. The van der Waals surface area contributed by atoms with E-state index < -0.39 is 10.0 Å². The summed E-state index contributed by atoms with van der Waals surface area (Å²) in [5, 5.41) is 2.84. The number of benzene rings is 2. The van der Waals surface area contributed by atoms with Gasteiger partial charge < -0.3 is 5.32 Å². The Morgan fingerprint density at radius 2 is 1.36 bits per heavy atom. The lowest BCUT2D eigenvalue weighted by molar-refractivity contribution is -0.114. The molecule has 1 amide bonds. The minimum Gasteiger partial charge on any atom is -0.324 e. The average molecular weight is 360 g/mol. The van der Waals surface area contributed by atoms with Gasteiger partial charge in [0.05, 0.1) is 11.9 Å². The first-order valence-corrected chi connectivity index (χ1v) is 9.86. The minimum absolute atomic E-state index is 0.266. The lowest BCUT2D eigenvalue weighted by atomic mass is 10.1. The quantitative estimate of drug-likeness (QED) is 0.889. The summed E-state index contributed by atoms with van der Waals surface area (Å²) in [5.41, 5.74) is 4.78. The van der Waals surface area contributed by atoms with E-state index in [9.17, 15) is 13.2 Å². The first-order valence-electron chi connectivity index (χ1n) is 8.01. The van der Waals surface area contributed by atoms with Crippen molar-refractivity contribution in [2.75, 3.05) is 22.4 Å². The van der Waals surface area contributed by atoms with Crippen molar-refractivity contribution in [1.29, 1.82) is 0 Å². The number of carbonyl (C=O) groups is 1. The van der Waals surface area contributed by atoms with Crippen LogP contribution >= 0.6 is 0 Å². The van der Waals surface area contributed by atoms with Crippen LogP contribution in [0.2, 0.25) is 0 Å². The molecule has 0 bridgehead atoms. The SMILES string of the molecule is Cc1cccc(C)c1NC(=O)CN(c1c(C)cccc1C)S(C)(=O)=O. The van der Waals surface area contributed by atoms with Gasteiger partial charge in [0.15, 0.2) is 0 Å². The summed E-state index contributed by atoms with van der Waals surface area (Å²) in [7, 11) is -3.60. The van der Waals surface area contributed by atoms with Crippen molar-refractivity contribution in [3.63, 3.8) is 0 Å². The summed E-state index contributed by atoms with van der Waals surface area (Å²) in [6, 6.07) is 11.3. The molecule has 0 spiro atoms. The topological polar surface area (TPSA) is 66.5 Å². The first-order chi connectivity index (χ1) is 11.6. The number of sulfonamides is 1. The molecule has 0 fully saturated rings. The van der Waals surface area contributed by atoms with E-state index in [0.717, 1.165) is 34.2 Å². The lowest BCUT2D eigenvalue weighted by Crippen LogP contribution is -2.38. The van der Waals surface area contributed by atoms with Gasteiger partial charge in [0.2, 0.25) is 15.9 Å². The highest BCUT2D eigenvalue weighted by molar-refractivity contribution is 7.92. The van der Waals surface area contributed by atoms with Crippen molar-refractivity contribution in [2.45, 2.75) is 27.7 Å². The number of hydrogen-bond acceptors (Lipinski definition) is 3. The summed E-state index contributed by atoms with van der Waals surface area (Å²) >= 11 is 0. The Morgan fingerprint density at radius 3 is 1.80 bits per heavy atom. The summed E-state index contributed by atoms with van der Waals surface area (Å²) in [4.78, 5) is 12.6. The third kappa shape index (κ3) is 4.39. The number of amides is 1. The molecule has 6 heteroatoms. The van der Waals surface area contributed by atoms with Crippen molar-refractivity contribution in [3.05, 3.63) is 58.7 Å². The Morgan fingerprint density at radius 1 is 0.920 bits per heavy atom. The fraction of sp³-hybridized carbons (Fsp3) is 0.316. The zero-order valence-electron chi connectivity index (χ0n) is 15.3. The average Bonchev–Trinajstić information content (AvgIpc) is 2.49. The molecule has 0 unspecified atom stereocenters. The number of carbonyl (C=O) groups excluding carboxylic acids is 1. The Kier molecular flexibility index (Phi) is 5.52. The van der Waals surface area contributed by atoms with Crippen LogP contribution in [0.3, 0.4) is 0 Å². The zero-order chi connectivity index (χ0) is 18.8. The molecule has 0 saturated heterocycles. The van der Waals surface area contributed by atoms with E-state index >= 15 is 0 Å². The molecule has 2 rings (SSSR count). The van der Waals surface area contributed by atoms with Crippen molar-refractivity contribution in [3.8, 4) is 0 Å². The highest BCUT2D eigenvalue weighted by Crippen LogP contribution is 2.27. The number of anilines is 2. The van der Waals surface area contributed by atoms with E-state index in [1.54, 1.807) is 0 Å². The van der Waals surface area contributed by atoms with Crippen LogP contribution in [0, 0.1) is 27.7 Å². The molecule has 5 nitrogen and oxygen atoms in total. The van der Waals surface area contributed by atoms with E-state index in [1.165, 1.54) is 4.31 Å². The smallest absolute Gasteiger partial charge is 0.245 e. The van der Waals surface area contributed by atoms with Crippen LogP contribution < -0.4 is 9.62 Å². The molecule has 134 valence electrons. The molecule has 0 radical (unpaired) electrons. The Hall–Kier alpha value is -2.34. The third-order valence-electron chi connectivity index (χ3n) is 4.12. The van der Waals surface area contributed by atoms with Gasteiger partial charge >= 0.3 is 0 Å². The Balaban J connectivity index is 2.34. The van der Waals surface area contributed by atoms with Gasteiger partial charge in [0.1, 0.15) is 6.54 Å². The number of aryl methyl sites for hydroxylation is 4. The second-order valence-corrected chi connectivity index (χ2v) is 8.23. The highest BCUT2D eigenvalue weighted by Gasteiger charge is 2.24. The van der Waals surface area contributed by atoms with Crippen LogP contribution in [0.1, 0.15) is 22.3 Å². The van der Waals surface area contributed by atoms with Crippen LogP contribution in [-0.2, 0) is 14.8 Å². The van der Waals surface area contributed by atoms with Crippen molar-refractivity contribution in [2.24, 2.45) is 0 Å². The maximum Gasteiger partial charge on any atom is 0.245 e. The van der Waals surface area contributed by atoms with Crippen molar-refractivity contribution >= 4 is 27.3 Å². The molecule has 0 aliphatic carbocycles. The van der Waals surface area contributed by atoms with Gasteiger partial charge in [-0.1, -0.05) is 36.4 Å². The molecule has 25 heavy (non-hydrogen) atoms. The Bertz CT molecular complexity index is 864. The van der Waals surface area contributed by atoms with Gasteiger partial charge in [-0.05, 0) is 49.9 Å². The van der Waals surface area contributed by atoms with E-state index in [0.29, 0.717) is 5.69 Å². The molecular weight excluding hydrogens is 336 g/mol. The van der Waals surface area contributed by atoms with Gasteiger partial charge in [-0.15, -0.1) is 0 Å². The third-order valence-corrected chi connectivity index (χ3v) is 5.23. The van der Waals surface area contributed by atoms with Crippen LogP contribution in [0.15, 0.2) is 36.4 Å². The predicted octanol–water partition coefficient (Wildman–Crippen LogP) is 3.32. The fourth-order valence-electron chi connectivity index (χ4n) is 2.88. The molecule has 1 N–H and O–H groups in total. The monoisotopic (exact) mass is 360 g/mol. The summed E-state index contributed by atoms with van der Waals surface area (Å²) in [5.74, 6) is -0.370. The predicted molar refractivity (Wildman–Crippen MR) is 103 cm³/mol. The second-order valence-electron chi connectivity index (χ2n) is 6.33. The standard InChI is InChI=1S/C19H24N2O3S/c1-13-8-6-9-14(2)18(13)20-17(22)12-21(25(5,23)24)19-15(3)10-7-11-16(19)4/h6-11H,12H2,1-5H3,(H,20,22). The summed E-state index contributed by atoms with van der Waals surface area (Å²) < 4.78 is 25.8. The van der Waals surface area contributed by atoms with Gasteiger partial charge in [0, 0.05) is 5.69 Å². The zero-order valence-corrected chi connectivity index (χ0v) is 16.1. The largest absolute Gasteiger partial charge is 0.324 e. The molecule has 0 aliphatic heterocycles. The lowest BCUT2D eigenvalue weighted by Gasteiger charge is -2.25. The summed E-state index contributed by atoms with van der Waals surface area (Å²) in [6.07, 6.45) is 1.12. The Labute approximate surface area is 149 Å². The number of hydrogen-bond donors (Lipinski definition) is 1. The molecule has 2 aromatic rings. The maximum atomic E-state index is 12.6. The van der Waals surface area contributed by atoms with Crippen LogP contribution in [0.5, 0.6) is 0 Å². The van der Waals surface area contributed by atoms with Gasteiger partial charge in [-0.2, -0.15) is 0 Å². The van der Waals surface area contributed by atoms with Gasteiger partial charge in [0.25, 0.3) is 0 Å². The fourth-order valence-corrected chi connectivity index (χ4v) is 3.85. The number of rotatable bonds is 5. The molecule has 0 heterocycles. The van der Waals surface area contributed by atoms with E-state index in [4.69, 9.17) is 0 Å². The number of nitrogens with zero attached hydrogens (tertiary/aromatic N) is 1. The first kappa shape index (κ1) is 19.0. The van der Waals surface area contributed by atoms with E-state index in [1.807, 2.05) is 64.1 Å². The van der Waals surface area contributed by atoms with Crippen LogP contribution in [0.25, 0.3) is 0 Å². The van der Waals surface area contributed by atoms with Crippen molar-refractivity contribution in [1.82, 2.24) is 0 Å². The maximum absolute atomic E-state index is 12.6. The number of nitrogens with one attached hydrogen (secondary N) is 1. The van der Waals surface area contributed by atoms with Crippen LogP contribution in [-0.4, -0.2) is 27.1 Å².